The summed E-state index contributed by atoms with van der Waals surface area (Å²) in [5, 5.41) is 4.13. The van der Waals surface area contributed by atoms with Crippen molar-refractivity contribution in [2.24, 2.45) is 0 Å². The molecule has 1 aromatic heterocycles. The molecule has 2 rings (SSSR count). The molecule has 0 atom stereocenters. The number of hydrogen-bond donors (Lipinski definition) is 1. The average molecular weight is 314 g/mol. The first-order valence-electron chi connectivity index (χ1n) is 7.49. The Bertz CT molecular complexity index is 433. The van der Waals surface area contributed by atoms with Crippen molar-refractivity contribution in [3.05, 3.63) is 17.0 Å². The molecule has 3 nitrogen and oxygen atoms in total. The number of hydrogen-bond acceptors (Lipinski definition) is 4. The Kier molecular flexibility index (Phi) is 5.97. The fourth-order valence-corrected chi connectivity index (χ4v) is 4.05. The van der Waals surface area contributed by atoms with Gasteiger partial charge in [-0.15, -0.1) is 0 Å². The predicted octanol–water partition coefficient (Wildman–Crippen LogP) is 4.56. The summed E-state index contributed by atoms with van der Waals surface area (Å²) < 4.78 is 0.360. The van der Waals surface area contributed by atoms with E-state index in [1.807, 2.05) is 11.8 Å². The fraction of sp³-hybridized carbons (Fsp3) is 0.733. The molecule has 5 heteroatoms. The SMILES string of the molecule is CCCc1c(Cl)ncnc1NCC1(SC)CCCCC1. The van der Waals surface area contributed by atoms with E-state index in [1.54, 1.807) is 6.33 Å². The Hall–Kier alpha value is -0.480. The molecule has 1 saturated carbocycles. The molecule has 0 amide bonds. The van der Waals surface area contributed by atoms with Gasteiger partial charge in [-0.1, -0.05) is 44.2 Å². The average Bonchev–Trinajstić information content (AvgIpc) is 2.49. The summed E-state index contributed by atoms with van der Waals surface area (Å²) in [5.74, 6) is 0.922. The molecule has 0 bridgehead atoms. The number of nitrogens with zero attached hydrogens (tertiary/aromatic N) is 2. The normalized spacial score (nSPS) is 17.9. The van der Waals surface area contributed by atoms with Gasteiger partial charge in [-0.2, -0.15) is 11.8 Å². The lowest BCUT2D eigenvalue weighted by Gasteiger charge is -2.36. The summed E-state index contributed by atoms with van der Waals surface area (Å²) in [6, 6.07) is 0. The van der Waals surface area contributed by atoms with Crippen LogP contribution in [0.1, 0.15) is 51.0 Å². The zero-order valence-electron chi connectivity index (χ0n) is 12.4. The van der Waals surface area contributed by atoms with E-state index in [2.05, 4.69) is 28.5 Å². The molecule has 1 aromatic rings. The van der Waals surface area contributed by atoms with Crippen molar-refractivity contribution in [2.75, 3.05) is 18.1 Å². The van der Waals surface area contributed by atoms with Gasteiger partial charge in [0.05, 0.1) is 0 Å². The molecule has 0 aromatic carbocycles. The first-order valence-corrected chi connectivity index (χ1v) is 9.09. The Labute approximate surface area is 131 Å². The minimum atomic E-state index is 0.360. The van der Waals surface area contributed by atoms with Crippen LogP contribution >= 0.6 is 23.4 Å². The van der Waals surface area contributed by atoms with E-state index in [-0.39, 0.29) is 0 Å². The third kappa shape index (κ3) is 3.79. The van der Waals surface area contributed by atoms with Gasteiger partial charge in [0.2, 0.25) is 0 Å². The van der Waals surface area contributed by atoms with Gasteiger partial charge in [0, 0.05) is 16.9 Å². The van der Waals surface area contributed by atoms with E-state index in [4.69, 9.17) is 11.6 Å². The number of thioether (sulfide) groups is 1. The van der Waals surface area contributed by atoms with Crippen LogP contribution in [0.3, 0.4) is 0 Å². The van der Waals surface area contributed by atoms with Gasteiger partial charge < -0.3 is 5.32 Å². The second kappa shape index (κ2) is 7.51. The smallest absolute Gasteiger partial charge is 0.137 e. The molecule has 0 spiro atoms. The molecule has 0 unspecified atom stereocenters. The molecule has 0 aliphatic heterocycles. The Balaban J connectivity index is 2.07. The Morgan fingerprint density at radius 1 is 1.30 bits per heavy atom. The highest BCUT2D eigenvalue weighted by Crippen LogP contribution is 2.38. The minimum absolute atomic E-state index is 0.360. The largest absolute Gasteiger partial charge is 0.368 e. The number of nitrogens with one attached hydrogen (secondary N) is 1. The van der Waals surface area contributed by atoms with Crippen LogP contribution < -0.4 is 5.32 Å². The number of anilines is 1. The van der Waals surface area contributed by atoms with Crippen LogP contribution in [0.25, 0.3) is 0 Å². The van der Waals surface area contributed by atoms with E-state index in [1.165, 1.54) is 32.1 Å². The van der Waals surface area contributed by atoms with Gasteiger partial charge in [-0.3, -0.25) is 0 Å². The van der Waals surface area contributed by atoms with E-state index in [0.717, 1.165) is 30.8 Å². The van der Waals surface area contributed by atoms with Crippen molar-refractivity contribution in [1.29, 1.82) is 0 Å². The maximum Gasteiger partial charge on any atom is 0.137 e. The van der Waals surface area contributed by atoms with E-state index in [0.29, 0.717) is 9.90 Å². The fourth-order valence-electron chi connectivity index (χ4n) is 2.91. The Morgan fingerprint density at radius 2 is 2.05 bits per heavy atom. The molecule has 1 aliphatic carbocycles. The molecular formula is C15H24ClN3S. The van der Waals surface area contributed by atoms with Crippen LogP contribution in [0.2, 0.25) is 5.15 Å². The Morgan fingerprint density at radius 3 is 2.70 bits per heavy atom. The zero-order chi connectivity index (χ0) is 14.4. The second-order valence-corrected chi connectivity index (χ2v) is 7.18. The number of halogens is 1. The van der Waals surface area contributed by atoms with Crippen molar-refractivity contribution in [3.8, 4) is 0 Å². The highest BCUT2D eigenvalue weighted by Gasteiger charge is 2.31. The van der Waals surface area contributed by atoms with Crippen molar-refractivity contribution >= 4 is 29.2 Å². The van der Waals surface area contributed by atoms with Crippen molar-refractivity contribution in [3.63, 3.8) is 0 Å². The maximum absolute atomic E-state index is 6.20. The molecule has 0 radical (unpaired) electrons. The highest BCUT2D eigenvalue weighted by molar-refractivity contribution is 8.00. The van der Waals surface area contributed by atoms with Crippen molar-refractivity contribution in [2.45, 2.75) is 56.6 Å². The predicted molar refractivity (Wildman–Crippen MR) is 88.9 cm³/mol. The summed E-state index contributed by atoms with van der Waals surface area (Å²) in [4.78, 5) is 8.49. The highest BCUT2D eigenvalue weighted by atomic mass is 35.5. The molecule has 1 fully saturated rings. The second-order valence-electron chi connectivity index (χ2n) is 5.54. The number of rotatable bonds is 6. The molecule has 20 heavy (non-hydrogen) atoms. The van der Waals surface area contributed by atoms with E-state index < -0.39 is 0 Å². The molecule has 112 valence electrons. The van der Waals surface area contributed by atoms with Gasteiger partial charge in [0.25, 0.3) is 0 Å². The third-order valence-corrected chi connectivity index (χ3v) is 5.91. The van der Waals surface area contributed by atoms with Crippen LogP contribution in [0.4, 0.5) is 5.82 Å². The summed E-state index contributed by atoms with van der Waals surface area (Å²) >= 11 is 8.20. The van der Waals surface area contributed by atoms with Crippen LogP contribution in [0.5, 0.6) is 0 Å². The summed E-state index contributed by atoms with van der Waals surface area (Å²) in [5.41, 5.74) is 1.06. The van der Waals surface area contributed by atoms with Crippen LogP contribution in [0.15, 0.2) is 6.33 Å². The first kappa shape index (κ1) is 15.9. The lowest BCUT2D eigenvalue weighted by Crippen LogP contribution is -2.36. The first-order chi connectivity index (χ1) is 9.71. The minimum Gasteiger partial charge on any atom is -0.368 e. The molecule has 0 saturated heterocycles. The lowest BCUT2D eigenvalue weighted by molar-refractivity contribution is 0.411. The number of aromatic nitrogens is 2. The van der Waals surface area contributed by atoms with Gasteiger partial charge in [0.15, 0.2) is 0 Å². The zero-order valence-corrected chi connectivity index (χ0v) is 14.0. The third-order valence-electron chi connectivity index (χ3n) is 4.17. The van der Waals surface area contributed by atoms with Crippen molar-refractivity contribution < 1.29 is 0 Å². The molecular weight excluding hydrogens is 290 g/mol. The molecule has 1 N–H and O–H groups in total. The summed E-state index contributed by atoms with van der Waals surface area (Å²) in [6.07, 6.45) is 12.4. The lowest BCUT2D eigenvalue weighted by atomic mass is 9.88. The van der Waals surface area contributed by atoms with Crippen LogP contribution in [-0.2, 0) is 6.42 Å². The summed E-state index contributed by atoms with van der Waals surface area (Å²) in [7, 11) is 0. The topological polar surface area (TPSA) is 37.8 Å². The standard InChI is InChI=1S/C15H24ClN3S/c1-3-7-12-13(16)18-11-19-14(12)17-10-15(20-2)8-5-4-6-9-15/h11H,3-10H2,1-2H3,(H,17,18,19). The maximum atomic E-state index is 6.20. The monoisotopic (exact) mass is 313 g/mol. The van der Waals surface area contributed by atoms with Crippen molar-refractivity contribution in [1.82, 2.24) is 9.97 Å². The van der Waals surface area contributed by atoms with Gasteiger partial charge >= 0.3 is 0 Å². The van der Waals surface area contributed by atoms with Gasteiger partial charge in [-0.25, -0.2) is 9.97 Å². The van der Waals surface area contributed by atoms with Crippen LogP contribution in [-0.4, -0.2) is 27.5 Å². The molecule has 1 heterocycles. The van der Waals surface area contributed by atoms with Gasteiger partial charge in [-0.05, 0) is 25.5 Å². The summed E-state index contributed by atoms with van der Waals surface area (Å²) in [6.45, 7) is 3.12. The molecule has 1 aliphatic rings. The van der Waals surface area contributed by atoms with E-state index in [9.17, 15) is 0 Å². The van der Waals surface area contributed by atoms with Gasteiger partial charge in [0.1, 0.15) is 17.3 Å². The van der Waals surface area contributed by atoms with Crippen LogP contribution in [0, 0.1) is 0 Å². The quantitative estimate of drug-likeness (QED) is 0.781. The van der Waals surface area contributed by atoms with E-state index >= 15 is 0 Å².